The third-order valence-electron chi connectivity index (χ3n) is 1.45. The predicted octanol–water partition coefficient (Wildman–Crippen LogP) is -1.96. The lowest BCUT2D eigenvalue weighted by atomic mass is 10.2. The van der Waals surface area contributed by atoms with E-state index < -0.39 is 24.1 Å². The Morgan fingerprint density at radius 2 is 1.89 bits per heavy atom. The summed E-state index contributed by atoms with van der Waals surface area (Å²) in [6.45, 7) is 0. The van der Waals surface area contributed by atoms with Crippen molar-refractivity contribution >= 4 is 5.78 Å². The highest BCUT2D eigenvalue weighted by Gasteiger charge is 2.38. The minimum atomic E-state index is -1.38. The second kappa shape index (κ2) is 2.06. The molecule has 0 aromatic carbocycles. The van der Waals surface area contributed by atoms with E-state index in [-0.39, 0.29) is 6.42 Å². The van der Waals surface area contributed by atoms with Crippen molar-refractivity contribution in [2.24, 2.45) is 0 Å². The minimum absolute atomic E-state index is 0.0417. The summed E-state index contributed by atoms with van der Waals surface area (Å²) in [6.07, 6.45) is -3.66. The Balaban J connectivity index is 2.65. The molecule has 9 heavy (non-hydrogen) atoms. The monoisotopic (exact) mass is 132 g/mol. The molecule has 0 aromatic rings. The molecule has 0 amide bonds. The molecule has 1 aliphatic carbocycles. The molecule has 0 spiro atoms. The molecule has 3 N–H and O–H groups in total. The van der Waals surface area contributed by atoms with Gasteiger partial charge in [0.1, 0.15) is 12.2 Å². The van der Waals surface area contributed by atoms with E-state index in [4.69, 9.17) is 15.3 Å². The Morgan fingerprint density at radius 3 is 2.00 bits per heavy atom. The zero-order valence-electron chi connectivity index (χ0n) is 4.69. The van der Waals surface area contributed by atoms with Crippen LogP contribution in [0, 0.1) is 0 Å². The summed E-state index contributed by atoms with van der Waals surface area (Å²) < 4.78 is 0. The second-order valence-corrected chi connectivity index (χ2v) is 2.17. The highest BCUT2D eigenvalue weighted by atomic mass is 16.4. The number of aliphatic hydroxyl groups is 3. The maximum Gasteiger partial charge on any atom is 0.192 e. The van der Waals surface area contributed by atoms with Gasteiger partial charge in [0, 0.05) is 6.42 Å². The van der Waals surface area contributed by atoms with Crippen LogP contribution >= 0.6 is 0 Å². The van der Waals surface area contributed by atoms with Crippen LogP contribution in [0.1, 0.15) is 6.42 Å². The Labute approximate surface area is 51.7 Å². The number of rotatable bonds is 0. The van der Waals surface area contributed by atoms with E-state index in [9.17, 15) is 4.79 Å². The van der Waals surface area contributed by atoms with Crippen LogP contribution in [0.15, 0.2) is 0 Å². The molecule has 1 saturated carbocycles. The summed E-state index contributed by atoms with van der Waals surface area (Å²) in [5.74, 6) is -0.678. The average Bonchev–Trinajstić information content (AvgIpc) is 1.98. The quantitative estimate of drug-likeness (QED) is 0.357. The van der Waals surface area contributed by atoms with E-state index >= 15 is 0 Å². The summed E-state index contributed by atoms with van der Waals surface area (Å²) >= 11 is 0. The molecule has 0 aromatic heterocycles. The van der Waals surface area contributed by atoms with Crippen molar-refractivity contribution in [3.05, 3.63) is 0 Å². The van der Waals surface area contributed by atoms with Crippen molar-refractivity contribution < 1.29 is 20.1 Å². The molecule has 0 saturated heterocycles. The van der Waals surface area contributed by atoms with Gasteiger partial charge in [-0.05, 0) is 0 Å². The first kappa shape index (κ1) is 6.67. The number of hydrogen-bond donors (Lipinski definition) is 3. The van der Waals surface area contributed by atoms with Gasteiger partial charge in [0.25, 0.3) is 0 Å². The van der Waals surface area contributed by atoms with Gasteiger partial charge < -0.3 is 15.3 Å². The van der Waals surface area contributed by atoms with Crippen LogP contribution in [0.25, 0.3) is 0 Å². The van der Waals surface area contributed by atoms with Crippen molar-refractivity contribution in [3.8, 4) is 0 Å². The van der Waals surface area contributed by atoms with Crippen LogP contribution in [0.2, 0.25) is 0 Å². The Hall–Kier alpha value is -0.450. The normalized spacial score (nSPS) is 43.9. The summed E-state index contributed by atoms with van der Waals surface area (Å²) in [6, 6.07) is 0. The van der Waals surface area contributed by atoms with Gasteiger partial charge in [-0.25, -0.2) is 0 Å². The zero-order chi connectivity index (χ0) is 7.02. The van der Waals surface area contributed by atoms with Gasteiger partial charge in [0.05, 0.1) is 6.10 Å². The smallest absolute Gasteiger partial charge is 0.192 e. The molecule has 3 unspecified atom stereocenters. The number of aliphatic hydroxyl groups excluding tert-OH is 3. The third kappa shape index (κ3) is 0.962. The molecule has 1 rings (SSSR count). The molecule has 0 aliphatic heterocycles. The highest BCUT2D eigenvalue weighted by Crippen LogP contribution is 2.15. The molecule has 3 atom stereocenters. The fraction of sp³-hybridized carbons (Fsp3) is 0.800. The van der Waals surface area contributed by atoms with Gasteiger partial charge in [-0.3, -0.25) is 4.79 Å². The first-order valence-electron chi connectivity index (χ1n) is 2.71. The molecular weight excluding hydrogens is 124 g/mol. The van der Waals surface area contributed by atoms with Crippen LogP contribution in [-0.4, -0.2) is 39.4 Å². The number of ketones is 1. The van der Waals surface area contributed by atoms with Gasteiger partial charge in [-0.15, -0.1) is 0 Å². The Kier molecular flexibility index (Phi) is 1.52. The molecule has 4 heteroatoms. The van der Waals surface area contributed by atoms with Crippen molar-refractivity contribution in [3.63, 3.8) is 0 Å². The third-order valence-corrected chi connectivity index (χ3v) is 1.45. The number of hydrogen-bond acceptors (Lipinski definition) is 4. The van der Waals surface area contributed by atoms with Crippen molar-refractivity contribution in [1.82, 2.24) is 0 Å². The maximum absolute atomic E-state index is 10.5. The average molecular weight is 132 g/mol. The van der Waals surface area contributed by atoms with Gasteiger partial charge >= 0.3 is 0 Å². The molecule has 1 aliphatic rings. The van der Waals surface area contributed by atoms with Gasteiger partial charge in [-0.2, -0.15) is 0 Å². The Bertz CT molecular complexity index is 133. The lowest BCUT2D eigenvalue weighted by molar-refractivity contribution is -0.132. The van der Waals surface area contributed by atoms with Crippen molar-refractivity contribution in [2.45, 2.75) is 24.7 Å². The standard InChI is InChI=1S/C5H8O4/c6-2-1-3(7)5(9)4(2)8/h2-4,6-8H,1H2. The molecule has 0 bridgehead atoms. The number of Topliss-reactive ketones (excluding diaryl/α,β-unsaturated/α-hetero) is 1. The van der Waals surface area contributed by atoms with E-state index in [0.29, 0.717) is 0 Å². The van der Waals surface area contributed by atoms with Crippen LogP contribution in [0.3, 0.4) is 0 Å². The highest BCUT2D eigenvalue weighted by molar-refractivity contribution is 5.89. The first-order valence-corrected chi connectivity index (χ1v) is 2.71. The SMILES string of the molecule is O=C1C(O)CC(O)C1O. The van der Waals surface area contributed by atoms with E-state index in [1.807, 2.05) is 0 Å². The molecular formula is C5H8O4. The van der Waals surface area contributed by atoms with Crippen LogP contribution < -0.4 is 0 Å². The second-order valence-electron chi connectivity index (χ2n) is 2.17. The van der Waals surface area contributed by atoms with Crippen LogP contribution in [0.5, 0.6) is 0 Å². The fourth-order valence-electron chi connectivity index (χ4n) is 0.861. The minimum Gasteiger partial charge on any atom is -0.390 e. The van der Waals surface area contributed by atoms with Crippen molar-refractivity contribution in [2.75, 3.05) is 0 Å². The maximum atomic E-state index is 10.5. The van der Waals surface area contributed by atoms with Gasteiger partial charge in [0.2, 0.25) is 0 Å². The lowest BCUT2D eigenvalue weighted by Gasteiger charge is -2.01. The lowest BCUT2D eigenvalue weighted by Crippen LogP contribution is -2.26. The fourth-order valence-corrected chi connectivity index (χ4v) is 0.861. The molecule has 4 nitrogen and oxygen atoms in total. The molecule has 0 heterocycles. The van der Waals surface area contributed by atoms with Crippen LogP contribution in [-0.2, 0) is 4.79 Å². The number of carbonyl (C=O) groups is 1. The summed E-state index contributed by atoms with van der Waals surface area (Å²) in [7, 11) is 0. The number of carbonyl (C=O) groups excluding carboxylic acids is 1. The summed E-state index contributed by atoms with van der Waals surface area (Å²) in [5, 5.41) is 26.1. The zero-order valence-corrected chi connectivity index (χ0v) is 4.69. The summed E-state index contributed by atoms with van der Waals surface area (Å²) in [4.78, 5) is 10.5. The van der Waals surface area contributed by atoms with Gasteiger partial charge in [0.15, 0.2) is 5.78 Å². The van der Waals surface area contributed by atoms with E-state index in [0.717, 1.165) is 0 Å². The summed E-state index contributed by atoms with van der Waals surface area (Å²) in [5.41, 5.74) is 0. The molecule has 1 fully saturated rings. The Morgan fingerprint density at radius 1 is 1.33 bits per heavy atom. The van der Waals surface area contributed by atoms with Gasteiger partial charge in [-0.1, -0.05) is 0 Å². The molecule has 0 radical (unpaired) electrons. The van der Waals surface area contributed by atoms with Crippen LogP contribution in [0.4, 0.5) is 0 Å². The van der Waals surface area contributed by atoms with E-state index in [1.54, 1.807) is 0 Å². The van der Waals surface area contributed by atoms with Crippen molar-refractivity contribution in [1.29, 1.82) is 0 Å². The molecule has 52 valence electrons. The van der Waals surface area contributed by atoms with E-state index in [1.165, 1.54) is 0 Å². The van der Waals surface area contributed by atoms with E-state index in [2.05, 4.69) is 0 Å². The largest absolute Gasteiger partial charge is 0.390 e. The first-order chi connectivity index (χ1) is 4.13. The predicted molar refractivity (Wildman–Crippen MR) is 27.6 cm³/mol. The topological polar surface area (TPSA) is 77.8 Å².